The first-order chi connectivity index (χ1) is 11.6. The minimum atomic E-state index is -0.389. The summed E-state index contributed by atoms with van der Waals surface area (Å²) in [6.07, 6.45) is 3.69. The van der Waals surface area contributed by atoms with E-state index in [-0.39, 0.29) is 18.5 Å². The predicted molar refractivity (Wildman–Crippen MR) is 80.6 cm³/mol. The van der Waals surface area contributed by atoms with E-state index >= 15 is 0 Å². The van der Waals surface area contributed by atoms with Crippen molar-refractivity contribution in [1.82, 2.24) is 34.7 Å². The van der Waals surface area contributed by atoms with Crippen molar-refractivity contribution in [3.05, 3.63) is 39.6 Å². The molecule has 9 nitrogen and oxygen atoms in total. The van der Waals surface area contributed by atoms with Gasteiger partial charge in [-0.1, -0.05) is 11.3 Å². The normalized spacial score (nSPS) is 14.7. The van der Waals surface area contributed by atoms with Crippen LogP contribution in [0, 0.1) is 0 Å². The van der Waals surface area contributed by atoms with E-state index in [0.717, 1.165) is 27.9 Å². The van der Waals surface area contributed by atoms with Gasteiger partial charge in [0.05, 0.1) is 12.6 Å². The minimum absolute atomic E-state index is 0.151. The van der Waals surface area contributed by atoms with E-state index < -0.39 is 0 Å². The van der Waals surface area contributed by atoms with Crippen molar-refractivity contribution >= 4 is 11.3 Å². The Balaban J connectivity index is 1.74. The van der Waals surface area contributed by atoms with Crippen LogP contribution in [0.5, 0.6) is 5.19 Å². The molecule has 1 fully saturated rings. The van der Waals surface area contributed by atoms with Crippen LogP contribution in [0.3, 0.4) is 0 Å². The lowest BCUT2D eigenvalue weighted by Gasteiger charge is -2.11. The first-order valence-electron chi connectivity index (χ1n) is 7.51. The van der Waals surface area contributed by atoms with Gasteiger partial charge in [-0.05, 0) is 23.3 Å². The number of hydrogen-bond acceptors (Lipinski definition) is 8. The number of rotatable bonds is 5. The van der Waals surface area contributed by atoms with Crippen LogP contribution in [0.15, 0.2) is 22.7 Å². The van der Waals surface area contributed by atoms with Crippen LogP contribution < -0.4 is 10.4 Å². The fraction of sp³-hybridized carbons (Fsp3) is 0.385. The number of ether oxygens (including phenoxy) is 1. The third-order valence-electron chi connectivity index (χ3n) is 3.55. The van der Waals surface area contributed by atoms with E-state index in [9.17, 15) is 4.79 Å². The number of tetrazole rings is 1. The van der Waals surface area contributed by atoms with Crippen LogP contribution in [0.25, 0.3) is 5.82 Å². The highest BCUT2D eigenvalue weighted by Gasteiger charge is 2.30. The third-order valence-corrected chi connectivity index (χ3v) is 4.18. The Hall–Kier alpha value is -2.62. The van der Waals surface area contributed by atoms with Crippen molar-refractivity contribution in [1.29, 1.82) is 0 Å². The Bertz CT molecular complexity index is 946. The first-order valence-corrected chi connectivity index (χ1v) is 7.89. The van der Waals surface area contributed by atoms with Crippen LogP contribution in [0.4, 0.5) is 0 Å². The van der Waals surface area contributed by atoms with E-state index in [1.165, 1.54) is 24.7 Å². The van der Waals surface area contributed by atoms with Gasteiger partial charge in [-0.15, -0.1) is 4.68 Å². The summed E-state index contributed by atoms with van der Waals surface area (Å²) in [5, 5.41) is 9.56. The van der Waals surface area contributed by atoms with Gasteiger partial charge in [-0.25, -0.2) is 19.7 Å². The van der Waals surface area contributed by atoms with E-state index in [2.05, 4.69) is 25.4 Å². The Morgan fingerprint density at radius 3 is 2.91 bits per heavy atom. The summed E-state index contributed by atoms with van der Waals surface area (Å²) in [5.41, 5.74) is 1.17. The summed E-state index contributed by atoms with van der Waals surface area (Å²) >= 11 is 1.25. The fourth-order valence-electron chi connectivity index (χ4n) is 2.27. The molecule has 3 aromatic rings. The molecule has 10 heteroatoms. The van der Waals surface area contributed by atoms with Crippen LogP contribution in [0.2, 0.25) is 0 Å². The second-order valence-electron chi connectivity index (χ2n) is 5.16. The van der Waals surface area contributed by atoms with Crippen molar-refractivity contribution in [2.75, 3.05) is 0 Å². The largest absolute Gasteiger partial charge is 0.465 e. The molecular weight excluding hydrogens is 318 g/mol. The van der Waals surface area contributed by atoms with E-state index in [1.54, 1.807) is 5.38 Å². The Kier molecular flexibility index (Phi) is 3.10. The molecule has 0 saturated heterocycles. The summed E-state index contributed by atoms with van der Waals surface area (Å²) in [6, 6.07) is 0. The second kappa shape index (κ2) is 5.54. The summed E-state index contributed by atoms with van der Waals surface area (Å²) in [6.45, 7) is 0.151. The minimum Gasteiger partial charge on any atom is -0.465 e. The van der Waals surface area contributed by atoms with Gasteiger partial charge in [0, 0.05) is 24.5 Å². The van der Waals surface area contributed by atoms with Gasteiger partial charge in [0.15, 0.2) is 5.82 Å². The molecule has 0 unspecified atom stereocenters. The maximum Gasteiger partial charge on any atom is 0.369 e. The molecule has 3 aromatic heterocycles. The third kappa shape index (κ3) is 2.61. The van der Waals surface area contributed by atoms with Gasteiger partial charge in [-0.3, -0.25) is 0 Å². The fourth-order valence-corrected chi connectivity index (χ4v) is 2.71. The quantitative estimate of drug-likeness (QED) is 0.676. The second-order valence-corrected chi connectivity index (χ2v) is 5.98. The lowest BCUT2D eigenvalue weighted by Crippen LogP contribution is -2.24. The number of thiazole rings is 1. The number of aromatic nitrogens is 7. The maximum absolute atomic E-state index is 12.2. The number of hydrogen-bond donors (Lipinski definition) is 0. The molecule has 0 radical (unpaired) electrons. The summed E-state index contributed by atoms with van der Waals surface area (Å²) < 4.78 is 15.4. The van der Waals surface area contributed by atoms with Crippen molar-refractivity contribution in [3.8, 4) is 11.0 Å². The number of aryl methyl sites for hydroxylation is 1. The summed E-state index contributed by atoms with van der Waals surface area (Å²) in [4.78, 5) is 24.7. The smallest absolute Gasteiger partial charge is 0.369 e. The molecule has 1 aliphatic carbocycles. The molecule has 0 atom stereocenters. The van der Waals surface area contributed by atoms with Gasteiger partial charge in [0.25, 0.3) is 5.19 Å². The van der Waals surface area contributed by atoms with Crippen molar-refractivity contribution in [2.45, 2.75) is 25.4 Å². The van der Waals surface area contributed by atoms with E-state index in [1.807, 2.05) is 0 Å². The van der Waals surface area contributed by atoms with Crippen molar-refractivity contribution in [3.63, 3.8) is 0 Å². The molecule has 0 N–H and O–H groups in total. The van der Waals surface area contributed by atoms with E-state index in [4.69, 9.17) is 6.11 Å². The zero-order valence-corrected chi connectivity index (χ0v) is 13.0. The highest BCUT2D eigenvalue weighted by atomic mass is 32.1. The number of nitrogens with zero attached hydrogens (tertiary/aromatic N) is 7. The molecule has 0 amide bonds. The van der Waals surface area contributed by atoms with Gasteiger partial charge in [0.2, 0.25) is 0 Å². The standard InChI is InChI=1S/C13H13N7O2S/c1-19-13(21)20(18-17-19)11-9(6-22-12-14-4-5-23-12)10(8-2-3-8)15-7-16-11/h4-5,7-8H,2-3,6H2,1H3/i4T. The average Bonchev–Trinajstić information content (AvgIpc) is 3.27. The molecule has 0 bridgehead atoms. The van der Waals surface area contributed by atoms with Crippen molar-refractivity contribution < 1.29 is 6.11 Å². The predicted octanol–water partition coefficient (Wildman–Crippen LogP) is 0.669. The maximum atomic E-state index is 12.2. The van der Waals surface area contributed by atoms with Gasteiger partial charge < -0.3 is 4.74 Å². The topological polar surface area (TPSA) is 101 Å². The van der Waals surface area contributed by atoms with Gasteiger partial charge >= 0.3 is 5.69 Å². The first kappa shape index (κ1) is 12.9. The molecule has 1 saturated carbocycles. The molecule has 118 valence electrons. The SMILES string of the molecule is [3H]c1csc(OCc2c(C3CC3)ncnc2-n2nnn(C)c2=O)n1. The zero-order valence-electron chi connectivity index (χ0n) is 13.2. The Morgan fingerprint density at radius 2 is 2.26 bits per heavy atom. The lowest BCUT2D eigenvalue weighted by molar-refractivity contribution is 0.301. The highest BCUT2D eigenvalue weighted by Crippen LogP contribution is 2.41. The molecule has 23 heavy (non-hydrogen) atoms. The summed E-state index contributed by atoms with van der Waals surface area (Å²) in [5.74, 6) is 0.716. The molecule has 1 aliphatic rings. The van der Waals surface area contributed by atoms with Crippen LogP contribution in [0.1, 0.15) is 31.4 Å². The molecule has 0 aromatic carbocycles. The molecule has 3 heterocycles. The lowest BCUT2D eigenvalue weighted by atomic mass is 10.1. The average molecular weight is 333 g/mol. The van der Waals surface area contributed by atoms with Gasteiger partial charge in [0.1, 0.15) is 12.9 Å². The van der Waals surface area contributed by atoms with Crippen LogP contribution >= 0.6 is 11.3 Å². The Morgan fingerprint density at radius 1 is 1.39 bits per heavy atom. The van der Waals surface area contributed by atoms with E-state index in [0.29, 0.717) is 22.5 Å². The Labute approximate surface area is 136 Å². The zero-order chi connectivity index (χ0) is 16.7. The highest BCUT2D eigenvalue weighted by molar-refractivity contribution is 7.11. The molecule has 0 spiro atoms. The molecule has 4 rings (SSSR count). The van der Waals surface area contributed by atoms with Crippen LogP contribution in [-0.4, -0.2) is 34.7 Å². The molecule has 0 aliphatic heterocycles. The van der Waals surface area contributed by atoms with Crippen molar-refractivity contribution in [2.24, 2.45) is 7.05 Å². The van der Waals surface area contributed by atoms with Gasteiger partial charge in [-0.2, -0.15) is 4.68 Å². The summed E-state index contributed by atoms with van der Waals surface area (Å²) in [7, 11) is 1.52. The monoisotopic (exact) mass is 333 g/mol. The molecular formula is C13H13N7O2S. The van der Waals surface area contributed by atoms with Crippen LogP contribution in [-0.2, 0) is 13.7 Å².